The van der Waals surface area contributed by atoms with Gasteiger partial charge in [0.2, 0.25) is 0 Å². The first-order valence-corrected chi connectivity index (χ1v) is 7.76. The van der Waals surface area contributed by atoms with E-state index >= 15 is 0 Å². The van der Waals surface area contributed by atoms with Gasteiger partial charge in [0.15, 0.2) is 5.84 Å². The Bertz CT molecular complexity index is 629. The number of thioether (sulfide) groups is 1. The quantitative estimate of drug-likeness (QED) is 0.291. The molecule has 0 spiro atoms. The van der Waals surface area contributed by atoms with Crippen LogP contribution in [0.25, 0.3) is 0 Å². The summed E-state index contributed by atoms with van der Waals surface area (Å²) in [4.78, 5) is 0.906. The van der Waals surface area contributed by atoms with Gasteiger partial charge in [0, 0.05) is 4.90 Å². The summed E-state index contributed by atoms with van der Waals surface area (Å²) in [5.74, 6) is 0.656. The van der Waals surface area contributed by atoms with Gasteiger partial charge >= 0.3 is 0 Å². The molecule has 4 nitrogen and oxygen atoms in total. The molecule has 0 bridgehead atoms. The highest BCUT2D eigenvalue weighted by Crippen LogP contribution is 2.31. The van der Waals surface area contributed by atoms with Crippen LogP contribution >= 0.6 is 11.8 Å². The van der Waals surface area contributed by atoms with E-state index in [4.69, 9.17) is 15.7 Å². The first kappa shape index (κ1) is 15.3. The Morgan fingerprint density at radius 2 is 1.90 bits per heavy atom. The van der Waals surface area contributed by atoms with E-state index in [9.17, 15) is 0 Å². The second-order valence-corrected chi connectivity index (χ2v) is 5.34. The van der Waals surface area contributed by atoms with Crippen molar-refractivity contribution in [3.63, 3.8) is 0 Å². The lowest BCUT2D eigenvalue weighted by molar-refractivity contribution is 0.225. The van der Waals surface area contributed by atoms with Crippen LogP contribution in [0.2, 0.25) is 0 Å². The second-order valence-electron chi connectivity index (χ2n) is 4.49. The Balaban J connectivity index is 2.36. The van der Waals surface area contributed by atoms with Gasteiger partial charge in [-0.2, -0.15) is 0 Å². The first-order valence-electron chi connectivity index (χ1n) is 6.54. The number of benzene rings is 2. The van der Waals surface area contributed by atoms with Crippen LogP contribution in [0.15, 0.2) is 58.6 Å². The topological polar surface area (TPSA) is 67.8 Å². The van der Waals surface area contributed by atoms with Crippen molar-refractivity contribution < 1.29 is 9.94 Å². The number of nitrogens with two attached hydrogens (primary N) is 1. The van der Waals surface area contributed by atoms with Crippen LogP contribution in [0, 0.1) is 0 Å². The summed E-state index contributed by atoms with van der Waals surface area (Å²) >= 11 is 1.52. The van der Waals surface area contributed by atoms with Gasteiger partial charge in [-0.15, -0.1) is 11.8 Å². The van der Waals surface area contributed by atoms with Crippen molar-refractivity contribution in [2.75, 3.05) is 6.26 Å². The fourth-order valence-electron chi connectivity index (χ4n) is 2.06. The zero-order valence-corrected chi connectivity index (χ0v) is 12.8. The molecule has 2 rings (SSSR count). The maximum absolute atomic E-state index is 8.98. The lowest BCUT2D eigenvalue weighted by Gasteiger charge is -2.19. The molecule has 0 radical (unpaired) electrons. The average Bonchev–Trinajstić information content (AvgIpc) is 2.54. The van der Waals surface area contributed by atoms with Crippen molar-refractivity contribution in [3.05, 3.63) is 59.7 Å². The monoisotopic (exact) mass is 302 g/mol. The Labute approximate surface area is 128 Å². The second kappa shape index (κ2) is 7.04. The van der Waals surface area contributed by atoms with E-state index in [1.165, 1.54) is 11.8 Å². The molecule has 0 fully saturated rings. The highest BCUT2D eigenvalue weighted by atomic mass is 32.2. The number of rotatable bonds is 5. The molecule has 1 unspecified atom stereocenters. The third-order valence-corrected chi connectivity index (χ3v) is 3.92. The van der Waals surface area contributed by atoms with Crippen molar-refractivity contribution in [1.29, 1.82) is 0 Å². The van der Waals surface area contributed by atoms with Gasteiger partial charge in [-0.05, 0) is 30.9 Å². The fourth-order valence-corrected chi connectivity index (χ4v) is 2.69. The summed E-state index contributed by atoms with van der Waals surface area (Å²) in [6.07, 6.45) is 1.81. The van der Waals surface area contributed by atoms with Gasteiger partial charge in [0.05, 0.1) is 5.56 Å². The first-order chi connectivity index (χ1) is 10.2. The molecule has 5 heteroatoms. The molecule has 0 aliphatic rings. The van der Waals surface area contributed by atoms with Crippen molar-refractivity contribution in [1.82, 2.24) is 0 Å². The Morgan fingerprint density at radius 3 is 2.52 bits per heavy atom. The van der Waals surface area contributed by atoms with Gasteiger partial charge < -0.3 is 15.7 Å². The molecule has 0 heterocycles. The zero-order valence-electron chi connectivity index (χ0n) is 12.0. The van der Waals surface area contributed by atoms with Crippen molar-refractivity contribution >= 4 is 17.6 Å². The lowest BCUT2D eigenvalue weighted by atomic mass is 10.1. The Hall–Kier alpha value is -2.14. The van der Waals surface area contributed by atoms with E-state index < -0.39 is 0 Å². The molecule has 0 saturated heterocycles. The van der Waals surface area contributed by atoms with Crippen LogP contribution in [-0.2, 0) is 0 Å². The molecule has 2 aromatic rings. The number of ether oxygens (including phenoxy) is 1. The molecule has 0 aliphatic heterocycles. The molecule has 110 valence electrons. The molecule has 0 aromatic heterocycles. The number of hydrogen-bond acceptors (Lipinski definition) is 4. The van der Waals surface area contributed by atoms with Gasteiger partial charge in [0.1, 0.15) is 11.9 Å². The van der Waals surface area contributed by atoms with Gasteiger partial charge in [-0.25, -0.2) is 0 Å². The van der Waals surface area contributed by atoms with E-state index in [-0.39, 0.29) is 11.9 Å². The third kappa shape index (κ3) is 3.49. The van der Waals surface area contributed by atoms with Crippen LogP contribution in [-0.4, -0.2) is 17.3 Å². The minimum Gasteiger partial charge on any atom is -0.485 e. The highest BCUT2D eigenvalue weighted by molar-refractivity contribution is 7.98. The van der Waals surface area contributed by atoms with Crippen LogP contribution in [0.5, 0.6) is 5.75 Å². The van der Waals surface area contributed by atoms with E-state index in [1.807, 2.05) is 61.7 Å². The number of oxime groups is 1. The predicted octanol–water partition coefficient (Wildman–Crippen LogP) is 3.64. The largest absolute Gasteiger partial charge is 0.485 e. The smallest absolute Gasteiger partial charge is 0.174 e. The van der Waals surface area contributed by atoms with Crippen molar-refractivity contribution in [2.45, 2.75) is 17.9 Å². The standard InChI is InChI=1S/C16H18N2O2S/c1-11(12-7-4-3-5-8-12)20-13-9-6-10-14(21-2)15(13)16(17)18-19/h3-11,19H,1-2H3,(H2,17,18). The molecule has 0 saturated carbocycles. The minimum atomic E-state index is -0.131. The van der Waals surface area contributed by atoms with E-state index in [2.05, 4.69) is 5.16 Å². The summed E-state index contributed by atoms with van der Waals surface area (Å²) in [5.41, 5.74) is 7.48. The fraction of sp³-hybridized carbons (Fsp3) is 0.188. The van der Waals surface area contributed by atoms with E-state index in [0.717, 1.165) is 10.5 Å². The van der Waals surface area contributed by atoms with Crippen LogP contribution in [0.3, 0.4) is 0 Å². The Kier molecular flexibility index (Phi) is 5.11. The maximum Gasteiger partial charge on any atom is 0.174 e. The van der Waals surface area contributed by atoms with Crippen LogP contribution < -0.4 is 10.5 Å². The van der Waals surface area contributed by atoms with Crippen molar-refractivity contribution in [2.24, 2.45) is 10.9 Å². The van der Waals surface area contributed by atoms with Crippen molar-refractivity contribution in [3.8, 4) is 5.75 Å². The third-order valence-electron chi connectivity index (χ3n) is 3.14. The number of amidine groups is 1. The van der Waals surface area contributed by atoms with Crippen LogP contribution in [0.4, 0.5) is 0 Å². The average molecular weight is 302 g/mol. The molecule has 0 aliphatic carbocycles. The van der Waals surface area contributed by atoms with E-state index in [1.54, 1.807) is 0 Å². The molecule has 0 amide bonds. The molecule has 2 aromatic carbocycles. The summed E-state index contributed by atoms with van der Waals surface area (Å²) < 4.78 is 6.01. The van der Waals surface area contributed by atoms with Gasteiger partial charge in [-0.1, -0.05) is 41.6 Å². The lowest BCUT2D eigenvalue weighted by Crippen LogP contribution is -2.17. The summed E-state index contributed by atoms with van der Waals surface area (Å²) in [6.45, 7) is 1.97. The summed E-state index contributed by atoms with van der Waals surface area (Å²) in [5, 5.41) is 12.1. The Morgan fingerprint density at radius 1 is 1.19 bits per heavy atom. The minimum absolute atomic E-state index is 0.0511. The van der Waals surface area contributed by atoms with Crippen LogP contribution in [0.1, 0.15) is 24.2 Å². The number of nitrogens with zero attached hydrogens (tertiary/aromatic N) is 1. The number of hydrogen-bond donors (Lipinski definition) is 2. The summed E-state index contributed by atoms with van der Waals surface area (Å²) in [6, 6.07) is 15.6. The molecular weight excluding hydrogens is 284 g/mol. The molecule has 3 N–H and O–H groups in total. The molecule has 1 atom stereocenters. The van der Waals surface area contributed by atoms with E-state index in [0.29, 0.717) is 11.3 Å². The molecule has 21 heavy (non-hydrogen) atoms. The summed E-state index contributed by atoms with van der Waals surface area (Å²) in [7, 11) is 0. The predicted molar refractivity (Wildman–Crippen MR) is 86.2 cm³/mol. The van der Waals surface area contributed by atoms with Gasteiger partial charge in [-0.3, -0.25) is 0 Å². The normalized spacial score (nSPS) is 13.0. The van der Waals surface area contributed by atoms with Gasteiger partial charge in [0.25, 0.3) is 0 Å². The zero-order chi connectivity index (χ0) is 15.2. The highest BCUT2D eigenvalue weighted by Gasteiger charge is 2.16. The SMILES string of the molecule is CSc1cccc(OC(C)c2ccccc2)c1/C(N)=N/O. The molecular formula is C16H18N2O2S. The maximum atomic E-state index is 8.98.